The van der Waals surface area contributed by atoms with E-state index in [9.17, 15) is 0 Å². The maximum atomic E-state index is 3.70. The van der Waals surface area contributed by atoms with Crippen LogP contribution in [-0.4, -0.2) is 37.1 Å². The molecule has 0 saturated heterocycles. The molecule has 1 aliphatic carbocycles. The second-order valence-corrected chi connectivity index (χ2v) is 5.02. The summed E-state index contributed by atoms with van der Waals surface area (Å²) in [6, 6.07) is 0.771. The lowest BCUT2D eigenvalue weighted by molar-refractivity contribution is 0.254. The lowest BCUT2D eigenvalue weighted by atomic mass is 9.95. The zero-order chi connectivity index (χ0) is 11.8. The van der Waals surface area contributed by atoms with E-state index in [0.717, 1.165) is 18.5 Å². The third-order valence-electron chi connectivity index (χ3n) is 4.09. The second-order valence-electron chi connectivity index (χ2n) is 5.02. The van der Waals surface area contributed by atoms with Gasteiger partial charge in [-0.05, 0) is 51.4 Å². The van der Waals surface area contributed by atoms with Crippen LogP contribution in [0.4, 0.5) is 0 Å². The van der Waals surface area contributed by atoms with E-state index in [4.69, 9.17) is 0 Å². The highest BCUT2D eigenvalue weighted by molar-refractivity contribution is 4.81. The summed E-state index contributed by atoms with van der Waals surface area (Å²) in [6.07, 6.45) is 7.15. The monoisotopic (exact) mass is 226 g/mol. The summed E-state index contributed by atoms with van der Waals surface area (Å²) in [5.41, 5.74) is 0. The molecule has 0 aromatic carbocycles. The number of hydrogen-bond acceptors (Lipinski definition) is 2. The molecule has 16 heavy (non-hydrogen) atoms. The summed E-state index contributed by atoms with van der Waals surface area (Å²) < 4.78 is 0. The molecule has 1 atom stereocenters. The minimum atomic E-state index is 0.771. The Labute approximate surface area is 102 Å². The van der Waals surface area contributed by atoms with Crippen LogP contribution in [0.5, 0.6) is 0 Å². The van der Waals surface area contributed by atoms with Crippen LogP contribution in [0.1, 0.15) is 52.9 Å². The fraction of sp³-hybridized carbons (Fsp3) is 1.00. The van der Waals surface area contributed by atoms with E-state index in [1.54, 1.807) is 0 Å². The van der Waals surface area contributed by atoms with Crippen LogP contribution in [0.3, 0.4) is 0 Å². The van der Waals surface area contributed by atoms with Gasteiger partial charge in [0, 0.05) is 6.04 Å². The topological polar surface area (TPSA) is 15.3 Å². The lowest BCUT2D eigenvalue weighted by Crippen LogP contribution is -2.38. The number of nitrogens with one attached hydrogen (secondary N) is 1. The van der Waals surface area contributed by atoms with E-state index in [-0.39, 0.29) is 0 Å². The van der Waals surface area contributed by atoms with E-state index >= 15 is 0 Å². The Kier molecular flexibility index (Phi) is 7.06. The maximum absolute atomic E-state index is 3.70. The predicted molar refractivity (Wildman–Crippen MR) is 71.8 cm³/mol. The van der Waals surface area contributed by atoms with Gasteiger partial charge < -0.3 is 10.2 Å². The first-order valence-corrected chi connectivity index (χ1v) is 7.27. The molecule has 1 saturated carbocycles. The van der Waals surface area contributed by atoms with Crippen molar-refractivity contribution in [3.05, 3.63) is 0 Å². The summed E-state index contributed by atoms with van der Waals surface area (Å²) in [4.78, 5) is 2.54. The first-order valence-electron chi connectivity index (χ1n) is 7.27. The van der Waals surface area contributed by atoms with Gasteiger partial charge in [0.2, 0.25) is 0 Å². The van der Waals surface area contributed by atoms with E-state index < -0.39 is 0 Å². The zero-order valence-electron chi connectivity index (χ0n) is 11.5. The molecule has 2 heteroatoms. The van der Waals surface area contributed by atoms with Crippen molar-refractivity contribution in [2.45, 2.75) is 58.9 Å². The van der Waals surface area contributed by atoms with Crippen LogP contribution >= 0.6 is 0 Å². The molecule has 1 aliphatic rings. The average molecular weight is 226 g/mol. The highest BCUT2D eigenvalue weighted by Gasteiger charge is 2.24. The van der Waals surface area contributed by atoms with Crippen molar-refractivity contribution in [2.75, 3.05) is 26.2 Å². The first-order chi connectivity index (χ1) is 7.81. The minimum Gasteiger partial charge on any atom is -0.314 e. The van der Waals surface area contributed by atoms with Gasteiger partial charge >= 0.3 is 0 Å². The smallest absolute Gasteiger partial charge is 0.0107 e. The molecule has 2 nitrogen and oxygen atoms in total. The van der Waals surface area contributed by atoms with Crippen molar-refractivity contribution < 1.29 is 0 Å². The van der Waals surface area contributed by atoms with Gasteiger partial charge in [-0.25, -0.2) is 0 Å². The molecule has 1 fully saturated rings. The van der Waals surface area contributed by atoms with Gasteiger partial charge in [0.05, 0.1) is 0 Å². The molecule has 1 unspecified atom stereocenters. The van der Waals surface area contributed by atoms with Crippen LogP contribution in [0.25, 0.3) is 0 Å². The van der Waals surface area contributed by atoms with Gasteiger partial charge in [-0.1, -0.05) is 33.6 Å². The zero-order valence-corrected chi connectivity index (χ0v) is 11.5. The third kappa shape index (κ3) is 4.42. The Morgan fingerprint density at radius 3 is 2.25 bits per heavy atom. The Morgan fingerprint density at radius 2 is 1.75 bits per heavy atom. The SMILES string of the molecule is CCNC(CCN(CC)CC)C1CCCC1. The first kappa shape index (κ1) is 14.0. The van der Waals surface area contributed by atoms with Crippen molar-refractivity contribution in [1.82, 2.24) is 10.2 Å². The molecule has 0 spiro atoms. The molecule has 1 rings (SSSR count). The van der Waals surface area contributed by atoms with Crippen molar-refractivity contribution >= 4 is 0 Å². The molecular formula is C14H30N2. The van der Waals surface area contributed by atoms with E-state index in [0.29, 0.717) is 0 Å². The van der Waals surface area contributed by atoms with Crippen LogP contribution < -0.4 is 5.32 Å². The number of nitrogens with zero attached hydrogens (tertiary/aromatic N) is 1. The molecule has 0 aliphatic heterocycles. The Morgan fingerprint density at radius 1 is 1.12 bits per heavy atom. The van der Waals surface area contributed by atoms with E-state index in [1.807, 2.05) is 0 Å². The summed E-state index contributed by atoms with van der Waals surface area (Å²) in [7, 11) is 0. The minimum absolute atomic E-state index is 0.771. The molecule has 0 radical (unpaired) electrons. The average Bonchev–Trinajstić information content (AvgIpc) is 2.82. The molecule has 0 aromatic heterocycles. The van der Waals surface area contributed by atoms with Gasteiger partial charge in [-0.2, -0.15) is 0 Å². The Bertz CT molecular complexity index is 160. The fourth-order valence-corrected chi connectivity index (χ4v) is 2.99. The summed E-state index contributed by atoms with van der Waals surface area (Å²) in [6.45, 7) is 11.5. The highest BCUT2D eigenvalue weighted by Crippen LogP contribution is 2.29. The van der Waals surface area contributed by atoms with Crippen LogP contribution in [0.2, 0.25) is 0 Å². The van der Waals surface area contributed by atoms with Crippen LogP contribution in [0, 0.1) is 5.92 Å². The van der Waals surface area contributed by atoms with Crippen LogP contribution in [-0.2, 0) is 0 Å². The van der Waals surface area contributed by atoms with Gasteiger partial charge in [0.25, 0.3) is 0 Å². The van der Waals surface area contributed by atoms with Crippen molar-refractivity contribution in [2.24, 2.45) is 5.92 Å². The van der Waals surface area contributed by atoms with Crippen molar-refractivity contribution in [3.8, 4) is 0 Å². The lowest BCUT2D eigenvalue weighted by Gasteiger charge is -2.27. The summed E-state index contributed by atoms with van der Waals surface area (Å²) in [5, 5.41) is 3.70. The van der Waals surface area contributed by atoms with Gasteiger partial charge in [-0.3, -0.25) is 0 Å². The van der Waals surface area contributed by atoms with Crippen molar-refractivity contribution in [3.63, 3.8) is 0 Å². The van der Waals surface area contributed by atoms with Crippen molar-refractivity contribution in [1.29, 1.82) is 0 Å². The Balaban J connectivity index is 2.31. The van der Waals surface area contributed by atoms with Crippen LogP contribution in [0.15, 0.2) is 0 Å². The highest BCUT2D eigenvalue weighted by atomic mass is 15.1. The summed E-state index contributed by atoms with van der Waals surface area (Å²) in [5.74, 6) is 0.954. The normalized spacial score (nSPS) is 19.5. The molecule has 96 valence electrons. The largest absolute Gasteiger partial charge is 0.314 e. The van der Waals surface area contributed by atoms with Gasteiger partial charge in [0.15, 0.2) is 0 Å². The number of hydrogen-bond donors (Lipinski definition) is 1. The maximum Gasteiger partial charge on any atom is 0.0107 e. The standard InChI is InChI=1S/C14H30N2/c1-4-15-14(13-9-7-8-10-13)11-12-16(5-2)6-3/h13-15H,4-12H2,1-3H3. The molecule has 0 amide bonds. The van der Waals surface area contributed by atoms with Gasteiger partial charge in [0.1, 0.15) is 0 Å². The third-order valence-corrected chi connectivity index (χ3v) is 4.09. The Hall–Kier alpha value is -0.0800. The van der Waals surface area contributed by atoms with E-state index in [1.165, 1.54) is 51.7 Å². The predicted octanol–water partition coefficient (Wildman–Crippen LogP) is 2.89. The molecule has 0 bridgehead atoms. The number of rotatable bonds is 8. The summed E-state index contributed by atoms with van der Waals surface area (Å²) >= 11 is 0. The molecular weight excluding hydrogens is 196 g/mol. The second kappa shape index (κ2) is 8.08. The van der Waals surface area contributed by atoms with Gasteiger partial charge in [-0.15, -0.1) is 0 Å². The molecule has 1 N–H and O–H groups in total. The quantitative estimate of drug-likeness (QED) is 0.684. The fourth-order valence-electron chi connectivity index (χ4n) is 2.99. The molecule has 0 aromatic rings. The molecule has 0 heterocycles. The van der Waals surface area contributed by atoms with E-state index in [2.05, 4.69) is 31.0 Å².